The highest BCUT2D eigenvalue weighted by Gasteiger charge is 2.12. The average Bonchev–Trinajstić information content (AvgIpc) is 2.69. The first-order valence-corrected chi connectivity index (χ1v) is 8.53. The van der Waals surface area contributed by atoms with Gasteiger partial charge in [-0.2, -0.15) is 0 Å². The van der Waals surface area contributed by atoms with E-state index in [1.165, 1.54) is 12.1 Å². The SMILES string of the molecule is Cc1ccccc1NC(=O)c1cccc(C(=O)NCc2ccccc2F)c1. The van der Waals surface area contributed by atoms with Crippen LogP contribution in [0.1, 0.15) is 31.8 Å². The van der Waals surface area contributed by atoms with Crippen molar-refractivity contribution in [3.8, 4) is 0 Å². The van der Waals surface area contributed by atoms with E-state index in [1.807, 2.05) is 31.2 Å². The second-order valence-corrected chi connectivity index (χ2v) is 6.12. The van der Waals surface area contributed by atoms with Crippen molar-refractivity contribution in [3.05, 3.63) is 101 Å². The minimum atomic E-state index is -0.371. The van der Waals surface area contributed by atoms with E-state index >= 15 is 0 Å². The molecule has 0 saturated heterocycles. The molecule has 3 rings (SSSR count). The highest BCUT2D eigenvalue weighted by atomic mass is 19.1. The van der Waals surface area contributed by atoms with Crippen molar-refractivity contribution in [1.82, 2.24) is 5.32 Å². The summed E-state index contributed by atoms with van der Waals surface area (Å²) in [7, 11) is 0. The zero-order valence-corrected chi connectivity index (χ0v) is 14.8. The largest absolute Gasteiger partial charge is 0.348 e. The van der Waals surface area contributed by atoms with Gasteiger partial charge in [0.2, 0.25) is 0 Å². The van der Waals surface area contributed by atoms with Crippen molar-refractivity contribution in [2.24, 2.45) is 0 Å². The lowest BCUT2D eigenvalue weighted by atomic mass is 10.1. The Hall–Kier alpha value is -3.47. The highest BCUT2D eigenvalue weighted by Crippen LogP contribution is 2.15. The molecule has 0 unspecified atom stereocenters. The third-order valence-electron chi connectivity index (χ3n) is 4.18. The lowest BCUT2D eigenvalue weighted by Gasteiger charge is -2.10. The minimum absolute atomic E-state index is 0.0745. The Balaban J connectivity index is 1.69. The number of para-hydroxylation sites is 1. The van der Waals surface area contributed by atoms with E-state index in [4.69, 9.17) is 0 Å². The molecule has 27 heavy (non-hydrogen) atoms. The molecule has 2 amide bonds. The van der Waals surface area contributed by atoms with Crippen LogP contribution in [-0.4, -0.2) is 11.8 Å². The standard InChI is InChI=1S/C22H19FN2O2/c1-15-7-2-5-12-20(15)25-22(27)17-10-6-9-16(13-17)21(26)24-14-18-8-3-4-11-19(18)23/h2-13H,14H2,1H3,(H,24,26)(H,25,27). The Morgan fingerprint density at radius 2 is 1.52 bits per heavy atom. The molecule has 4 nitrogen and oxygen atoms in total. The van der Waals surface area contributed by atoms with Gasteiger partial charge in [0.1, 0.15) is 5.82 Å². The van der Waals surface area contributed by atoms with Crippen LogP contribution in [0.4, 0.5) is 10.1 Å². The summed E-state index contributed by atoms with van der Waals surface area (Å²) in [5.74, 6) is -1.04. The van der Waals surface area contributed by atoms with Gasteiger partial charge in [0.05, 0.1) is 0 Å². The molecule has 5 heteroatoms. The lowest BCUT2D eigenvalue weighted by molar-refractivity contribution is 0.0950. The number of halogens is 1. The molecule has 0 aromatic heterocycles. The quantitative estimate of drug-likeness (QED) is 0.710. The van der Waals surface area contributed by atoms with Crippen LogP contribution in [0, 0.1) is 12.7 Å². The lowest BCUT2D eigenvalue weighted by Crippen LogP contribution is -2.24. The Kier molecular flexibility index (Phi) is 5.61. The van der Waals surface area contributed by atoms with Crippen molar-refractivity contribution >= 4 is 17.5 Å². The predicted molar refractivity (Wildman–Crippen MR) is 103 cm³/mol. The fourth-order valence-corrected chi connectivity index (χ4v) is 2.63. The molecule has 0 aliphatic heterocycles. The molecule has 3 aromatic carbocycles. The molecule has 0 bridgehead atoms. The maximum atomic E-state index is 13.6. The zero-order chi connectivity index (χ0) is 19.2. The molecule has 3 aromatic rings. The Bertz CT molecular complexity index is 985. The molecule has 0 saturated carbocycles. The van der Waals surface area contributed by atoms with Gasteiger partial charge in [0.15, 0.2) is 0 Å². The molecule has 0 aliphatic carbocycles. The number of nitrogens with one attached hydrogen (secondary N) is 2. The molecular weight excluding hydrogens is 343 g/mol. The van der Waals surface area contributed by atoms with Crippen LogP contribution in [0.15, 0.2) is 72.8 Å². The average molecular weight is 362 g/mol. The minimum Gasteiger partial charge on any atom is -0.348 e. The molecule has 136 valence electrons. The number of hydrogen-bond acceptors (Lipinski definition) is 2. The van der Waals surface area contributed by atoms with Crippen LogP contribution in [0.5, 0.6) is 0 Å². The number of benzene rings is 3. The molecule has 0 radical (unpaired) electrons. The van der Waals surface area contributed by atoms with Gasteiger partial charge in [-0.1, -0.05) is 42.5 Å². The van der Waals surface area contributed by atoms with Crippen LogP contribution in [-0.2, 0) is 6.54 Å². The predicted octanol–water partition coefficient (Wildman–Crippen LogP) is 4.32. The van der Waals surface area contributed by atoms with E-state index < -0.39 is 0 Å². The van der Waals surface area contributed by atoms with Crippen LogP contribution < -0.4 is 10.6 Å². The van der Waals surface area contributed by atoms with Gasteiger partial charge >= 0.3 is 0 Å². The fourth-order valence-electron chi connectivity index (χ4n) is 2.63. The molecule has 2 N–H and O–H groups in total. The van der Waals surface area contributed by atoms with Crippen LogP contribution in [0.3, 0.4) is 0 Å². The molecule has 0 heterocycles. The Morgan fingerprint density at radius 1 is 0.852 bits per heavy atom. The third kappa shape index (κ3) is 4.58. The Labute approximate surface area is 157 Å². The summed E-state index contributed by atoms with van der Waals surface area (Å²) in [6.45, 7) is 1.98. The van der Waals surface area contributed by atoms with Gasteiger partial charge in [-0.15, -0.1) is 0 Å². The molecule has 0 spiro atoms. The van der Waals surface area contributed by atoms with E-state index in [0.29, 0.717) is 16.7 Å². The number of carbonyl (C=O) groups excluding carboxylic acids is 2. The van der Waals surface area contributed by atoms with Crippen molar-refractivity contribution < 1.29 is 14.0 Å². The third-order valence-corrected chi connectivity index (χ3v) is 4.18. The molecule has 0 fully saturated rings. The summed E-state index contributed by atoms with van der Waals surface area (Å²) in [4.78, 5) is 24.8. The maximum absolute atomic E-state index is 13.6. The Morgan fingerprint density at radius 3 is 2.26 bits per heavy atom. The highest BCUT2D eigenvalue weighted by molar-refractivity contribution is 6.06. The first-order chi connectivity index (χ1) is 13.0. The number of rotatable bonds is 5. The number of anilines is 1. The first kappa shape index (κ1) is 18.3. The van der Waals surface area contributed by atoms with E-state index in [2.05, 4.69) is 10.6 Å². The maximum Gasteiger partial charge on any atom is 0.255 e. The monoisotopic (exact) mass is 362 g/mol. The van der Waals surface area contributed by atoms with E-state index in [0.717, 1.165) is 11.3 Å². The summed E-state index contributed by atoms with van der Waals surface area (Å²) >= 11 is 0. The van der Waals surface area contributed by atoms with Crippen molar-refractivity contribution in [3.63, 3.8) is 0 Å². The summed E-state index contributed by atoms with van der Waals surface area (Å²) in [6.07, 6.45) is 0. The summed E-state index contributed by atoms with van der Waals surface area (Å²) < 4.78 is 13.6. The smallest absolute Gasteiger partial charge is 0.255 e. The van der Waals surface area contributed by atoms with Gasteiger partial charge in [-0.25, -0.2) is 4.39 Å². The molecular formula is C22H19FN2O2. The molecule has 0 atom stereocenters. The summed E-state index contributed by atoms with van der Waals surface area (Å²) in [5, 5.41) is 5.51. The second-order valence-electron chi connectivity index (χ2n) is 6.12. The van der Waals surface area contributed by atoms with E-state index in [-0.39, 0.29) is 24.2 Å². The number of amides is 2. The van der Waals surface area contributed by atoms with Crippen molar-refractivity contribution in [2.45, 2.75) is 13.5 Å². The number of hydrogen-bond donors (Lipinski definition) is 2. The van der Waals surface area contributed by atoms with Crippen LogP contribution >= 0.6 is 0 Å². The zero-order valence-electron chi connectivity index (χ0n) is 14.8. The van der Waals surface area contributed by atoms with Crippen molar-refractivity contribution in [1.29, 1.82) is 0 Å². The fraction of sp³-hybridized carbons (Fsp3) is 0.0909. The van der Waals surface area contributed by atoms with Gasteiger partial charge in [-0.05, 0) is 42.8 Å². The van der Waals surface area contributed by atoms with Crippen LogP contribution in [0.2, 0.25) is 0 Å². The molecule has 0 aliphatic rings. The normalized spacial score (nSPS) is 10.3. The van der Waals surface area contributed by atoms with Crippen LogP contribution in [0.25, 0.3) is 0 Å². The van der Waals surface area contributed by atoms with Gasteiger partial charge in [0, 0.05) is 28.9 Å². The number of aryl methyl sites for hydroxylation is 1. The van der Waals surface area contributed by atoms with Gasteiger partial charge in [0.25, 0.3) is 11.8 Å². The first-order valence-electron chi connectivity index (χ1n) is 8.53. The number of carbonyl (C=O) groups is 2. The van der Waals surface area contributed by atoms with E-state index in [1.54, 1.807) is 36.4 Å². The second kappa shape index (κ2) is 8.27. The topological polar surface area (TPSA) is 58.2 Å². The summed E-state index contributed by atoms with van der Waals surface area (Å²) in [5.41, 5.74) is 2.78. The van der Waals surface area contributed by atoms with Gasteiger partial charge < -0.3 is 10.6 Å². The van der Waals surface area contributed by atoms with E-state index in [9.17, 15) is 14.0 Å². The summed E-state index contributed by atoms with van der Waals surface area (Å²) in [6, 6.07) is 20.1. The van der Waals surface area contributed by atoms with Gasteiger partial charge in [-0.3, -0.25) is 9.59 Å². The van der Waals surface area contributed by atoms with Crippen molar-refractivity contribution in [2.75, 3.05) is 5.32 Å².